The van der Waals surface area contributed by atoms with Gasteiger partial charge in [0.05, 0.1) is 17.6 Å². The first-order chi connectivity index (χ1) is 11.8. The number of rotatable bonds is 3. The molecule has 0 bridgehead atoms. The van der Waals surface area contributed by atoms with Crippen LogP contribution >= 0.6 is 0 Å². The van der Waals surface area contributed by atoms with Gasteiger partial charge >= 0.3 is 0 Å². The van der Waals surface area contributed by atoms with Gasteiger partial charge < -0.3 is 5.32 Å². The van der Waals surface area contributed by atoms with Gasteiger partial charge in [-0.3, -0.25) is 9.10 Å². The lowest BCUT2D eigenvalue weighted by molar-refractivity contribution is 0.102. The van der Waals surface area contributed by atoms with Gasteiger partial charge in [-0.2, -0.15) is 0 Å². The number of fused-ring (bicyclic) bond motifs is 1. The molecule has 1 aliphatic rings. The molecule has 0 radical (unpaired) electrons. The average Bonchev–Trinajstić information content (AvgIpc) is 2.56. The van der Waals surface area contributed by atoms with E-state index in [0.29, 0.717) is 30.6 Å². The van der Waals surface area contributed by atoms with Crippen LogP contribution in [-0.4, -0.2) is 27.1 Å². The number of carbonyl (C=O) groups is 1. The molecule has 132 valence electrons. The second kappa shape index (κ2) is 6.48. The monoisotopic (exact) mass is 362 g/mol. The van der Waals surface area contributed by atoms with E-state index >= 15 is 0 Å². The summed E-state index contributed by atoms with van der Waals surface area (Å²) in [5.41, 5.74) is 2.74. The molecule has 3 rings (SSSR count). The summed E-state index contributed by atoms with van der Waals surface area (Å²) in [5, 5.41) is 2.57. The summed E-state index contributed by atoms with van der Waals surface area (Å²) in [6, 6.07) is 9.38. The van der Waals surface area contributed by atoms with Crippen molar-refractivity contribution in [2.75, 3.05) is 22.4 Å². The van der Waals surface area contributed by atoms with E-state index in [9.17, 15) is 17.6 Å². The summed E-state index contributed by atoms with van der Waals surface area (Å²) in [6.45, 7) is 2.25. The van der Waals surface area contributed by atoms with Crippen LogP contribution < -0.4 is 9.62 Å². The molecule has 0 unspecified atom stereocenters. The minimum atomic E-state index is -3.35. The molecule has 0 atom stereocenters. The highest BCUT2D eigenvalue weighted by Gasteiger charge is 2.24. The summed E-state index contributed by atoms with van der Waals surface area (Å²) < 4.78 is 38.9. The van der Waals surface area contributed by atoms with Gasteiger partial charge in [0, 0.05) is 12.1 Å². The normalized spacial score (nSPS) is 14.1. The highest BCUT2D eigenvalue weighted by molar-refractivity contribution is 7.92. The summed E-state index contributed by atoms with van der Waals surface area (Å²) >= 11 is 0. The number of halogens is 1. The fourth-order valence-corrected chi connectivity index (χ4v) is 3.97. The number of benzene rings is 2. The number of aryl methyl sites for hydroxylation is 2. The minimum absolute atomic E-state index is 0.125. The Bertz CT molecular complexity index is 941. The van der Waals surface area contributed by atoms with Crippen molar-refractivity contribution in [3.05, 3.63) is 58.9 Å². The largest absolute Gasteiger partial charge is 0.319 e. The minimum Gasteiger partial charge on any atom is -0.319 e. The number of nitrogens with zero attached hydrogens (tertiary/aromatic N) is 1. The molecule has 25 heavy (non-hydrogen) atoms. The zero-order valence-electron chi connectivity index (χ0n) is 14.0. The van der Waals surface area contributed by atoms with E-state index in [2.05, 4.69) is 5.32 Å². The Balaban J connectivity index is 1.89. The van der Waals surface area contributed by atoms with E-state index in [1.165, 1.54) is 16.6 Å². The summed E-state index contributed by atoms with van der Waals surface area (Å²) in [4.78, 5) is 12.4. The van der Waals surface area contributed by atoms with Gasteiger partial charge in [-0.05, 0) is 61.2 Å². The Labute approximate surface area is 146 Å². The number of nitrogens with one attached hydrogen (secondary N) is 1. The van der Waals surface area contributed by atoms with Crippen molar-refractivity contribution in [3.63, 3.8) is 0 Å². The second-order valence-corrected chi connectivity index (χ2v) is 8.13. The Hall–Kier alpha value is -2.41. The van der Waals surface area contributed by atoms with Gasteiger partial charge in [0.2, 0.25) is 10.0 Å². The van der Waals surface area contributed by atoms with Crippen LogP contribution in [0.25, 0.3) is 0 Å². The van der Waals surface area contributed by atoms with E-state index < -0.39 is 21.7 Å². The fraction of sp³-hybridized carbons (Fsp3) is 0.278. The molecule has 1 N–H and O–H groups in total. The Kier molecular flexibility index (Phi) is 4.51. The van der Waals surface area contributed by atoms with Gasteiger partial charge in [0.25, 0.3) is 5.91 Å². The van der Waals surface area contributed by atoms with Crippen molar-refractivity contribution in [1.82, 2.24) is 0 Å². The van der Waals surface area contributed by atoms with Crippen molar-refractivity contribution < 1.29 is 17.6 Å². The van der Waals surface area contributed by atoms with Crippen molar-refractivity contribution >= 4 is 27.3 Å². The summed E-state index contributed by atoms with van der Waals surface area (Å²) in [6.07, 6.45) is 2.56. The number of amides is 1. The third-order valence-electron chi connectivity index (χ3n) is 4.19. The maximum atomic E-state index is 13.8. The van der Waals surface area contributed by atoms with Crippen LogP contribution in [0, 0.1) is 12.7 Å². The first kappa shape index (κ1) is 17.4. The third kappa shape index (κ3) is 3.66. The summed E-state index contributed by atoms with van der Waals surface area (Å²) in [7, 11) is -3.35. The van der Waals surface area contributed by atoms with Gasteiger partial charge in [-0.25, -0.2) is 12.8 Å². The third-order valence-corrected chi connectivity index (χ3v) is 5.37. The van der Waals surface area contributed by atoms with E-state index in [1.807, 2.05) is 6.92 Å². The van der Waals surface area contributed by atoms with E-state index in [4.69, 9.17) is 0 Å². The molecule has 0 saturated heterocycles. The maximum absolute atomic E-state index is 13.8. The first-order valence-electron chi connectivity index (χ1n) is 7.94. The van der Waals surface area contributed by atoms with Crippen LogP contribution in [0.15, 0.2) is 36.4 Å². The van der Waals surface area contributed by atoms with Crippen LogP contribution in [-0.2, 0) is 16.4 Å². The molecule has 1 amide bonds. The van der Waals surface area contributed by atoms with Crippen LogP contribution in [0.5, 0.6) is 0 Å². The average molecular weight is 362 g/mol. The van der Waals surface area contributed by atoms with Crippen LogP contribution in [0.1, 0.15) is 27.9 Å². The van der Waals surface area contributed by atoms with Crippen LogP contribution in [0.2, 0.25) is 0 Å². The first-order valence-corrected chi connectivity index (χ1v) is 9.79. The molecule has 0 aromatic heterocycles. The van der Waals surface area contributed by atoms with Crippen molar-refractivity contribution in [2.24, 2.45) is 0 Å². The topological polar surface area (TPSA) is 66.5 Å². The predicted molar refractivity (Wildman–Crippen MR) is 96.0 cm³/mol. The quantitative estimate of drug-likeness (QED) is 0.912. The maximum Gasteiger partial charge on any atom is 0.255 e. The second-order valence-electron chi connectivity index (χ2n) is 6.22. The van der Waals surface area contributed by atoms with Gasteiger partial charge in [-0.15, -0.1) is 0 Å². The van der Waals surface area contributed by atoms with Gasteiger partial charge in [0.1, 0.15) is 5.82 Å². The molecule has 7 heteroatoms. The molecule has 1 aliphatic heterocycles. The molecule has 0 spiro atoms. The van der Waals surface area contributed by atoms with E-state index in [-0.39, 0.29) is 5.69 Å². The number of hydrogen-bond acceptors (Lipinski definition) is 3. The number of hydrogen-bond donors (Lipinski definition) is 1. The van der Waals surface area contributed by atoms with Crippen LogP contribution in [0.4, 0.5) is 15.8 Å². The summed E-state index contributed by atoms with van der Waals surface area (Å²) in [5.74, 6) is -0.927. The lowest BCUT2D eigenvalue weighted by atomic mass is 10.0. The molecule has 2 aromatic rings. The Morgan fingerprint density at radius 1 is 1.20 bits per heavy atom. The molecule has 0 aliphatic carbocycles. The predicted octanol–water partition coefficient (Wildman–Crippen LogP) is 3.10. The van der Waals surface area contributed by atoms with Crippen molar-refractivity contribution in [1.29, 1.82) is 0 Å². The smallest absolute Gasteiger partial charge is 0.255 e. The highest BCUT2D eigenvalue weighted by atomic mass is 32.2. The zero-order chi connectivity index (χ0) is 18.2. The Morgan fingerprint density at radius 2 is 1.96 bits per heavy atom. The molecular formula is C18H19FN2O3S. The lowest BCUT2D eigenvalue weighted by Gasteiger charge is -2.29. The number of carbonyl (C=O) groups excluding carboxylic acids is 1. The highest BCUT2D eigenvalue weighted by Crippen LogP contribution is 2.30. The zero-order valence-corrected chi connectivity index (χ0v) is 14.9. The SMILES string of the molecule is Cc1ccc(F)c(NC(=O)c2ccc3c(c2)CCCN3S(C)(=O)=O)c1. The van der Waals surface area contributed by atoms with Crippen molar-refractivity contribution in [2.45, 2.75) is 19.8 Å². The van der Waals surface area contributed by atoms with Crippen LogP contribution in [0.3, 0.4) is 0 Å². The number of sulfonamides is 1. The fourth-order valence-electron chi connectivity index (χ4n) is 2.98. The molecule has 0 saturated carbocycles. The Morgan fingerprint density at radius 3 is 2.68 bits per heavy atom. The standard InChI is InChI=1S/C18H19FN2O3S/c1-12-5-7-15(19)16(10-12)20-18(22)14-6-8-17-13(11-14)4-3-9-21(17)25(2,23)24/h5-8,10-11H,3-4,9H2,1-2H3,(H,20,22). The lowest BCUT2D eigenvalue weighted by Crippen LogP contribution is -2.34. The van der Waals surface area contributed by atoms with Crippen molar-refractivity contribution in [3.8, 4) is 0 Å². The van der Waals surface area contributed by atoms with Gasteiger partial charge in [0.15, 0.2) is 0 Å². The molecule has 1 heterocycles. The van der Waals surface area contributed by atoms with E-state index in [1.54, 1.807) is 30.3 Å². The van der Waals surface area contributed by atoms with Gasteiger partial charge in [-0.1, -0.05) is 6.07 Å². The molecule has 0 fully saturated rings. The molecule has 5 nitrogen and oxygen atoms in total. The van der Waals surface area contributed by atoms with E-state index in [0.717, 1.165) is 11.1 Å². The molecular weight excluding hydrogens is 343 g/mol. The number of anilines is 2. The molecule has 2 aromatic carbocycles.